The normalized spacial score (nSPS) is 18.3. The fraction of sp³-hybridized carbons (Fsp3) is 0.265. The van der Waals surface area contributed by atoms with Crippen molar-refractivity contribution in [2.45, 2.75) is 36.2 Å². The number of fused-ring (bicyclic) bond motifs is 2. The summed E-state index contributed by atoms with van der Waals surface area (Å²) < 4.78 is 56.7. The lowest BCUT2D eigenvalue weighted by molar-refractivity contribution is -0.137. The number of ether oxygens (including phenoxy) is 3. The Bertz CT molecular complexity index is 2030. The molecule has 2 aliphatic rings. The number of esters is 1. The zero-order chi connectivity index (χ0) is 35.7. The summed E-state index contributed by atoms with van der Waals surface area (Å²) >= 11 is 2.02. The molecule has 3 heterocycles. The highest BCUT2D eigenvalue weighted by Gasteiger charge is 2.56. The Morgan fingerprint density at radius 2 is 1.66 bits per heavy atom. The molecule has 3 aromatic carbocycles. The van der Waals surface area contributed by atoms with Crippen LogP contribution in [0, 0.1) is 5.92 Å². The molecule has 1 fully saturated rings. The maximum Gasteiger partial charge on any atom is 0.418 e. The van der Waals surface area contributed by atoms with Gasteiger partial charge in [-0.2, -0.15) is 13.2 Å². The van der Waals surface area contributed by atoms with Crippen LogP contribution < -0.4 is 24.6 Å². The second-order valence-corrected chi connectivity index (χ2v) is 13.2. The second-order valence-electron chi connectivity index (χ2n) is 11.0. The molecule has 0 spiro atoms. The molecule has 3 atom stereocenters. The molecular formula is C34H28F3N3O8S2. The summed E-state index contributed by atoms with van der Waals surface area (Å²) in [6, 6.07) is 15.2. The molecule has 1 aromatic heterocycles. The highest BCUT2D eigenvalue weighted by molar-refractivity contribution is 8.00. The lowest BCUT2D eigenvalue weighted by Gasteiger charge is -2.30. The molecule has 4 aromatic rings. The molecule has 3 unspecified atom stereocenters. The standard InChI is InChI=1S/C34H28F3N3O8S2/c1-3-46-23-15-18(11-14-22(23)48-16-24(41)38-21-8-6-5-7-20(21)34(35,36)37)25-26-28(49-29-27(25)50-33(45)39-29)31(43)40(30(26)42)19-12-9-17(10-13-19)32(44)47-4-2/h5-15,25-26,28H,3-4,16H2,1-2H3,(H,38,41)(H,39,45). The molecule has 3 amide bonds. The largest absolute Gasteiger partial charge is 0.490 e. The predicted molar refractivity (Wildman–Crippen MR) is 178 cm³/mol. The number of aromatic amines is 1. The number of nitrogens with zero attached hydrogens (tertiary/aromatic N) is 1. The van der Waals surface area contributed by atoms with Crippen LogP contribution in [0.3, 0.4) is 0 Å². The Hall–Kier alpha value is -5.09. The van der Waals surface area contributed by atoms with E-state index in [9.17, 15) is 37.1 Å². The Morgan fingerprint density at radius 1 is 0.920 bits per heavy atom. The number of H-pyrrole nitrogens is 1. The number of hydrogen-bond acceptors (Lipinski definition) is 10. The van der Waals surface area contributed by atoms with Gasteiger partial charge in [0.1, 0.15) is 5.25 Å². The third kappa shape index (κ3) is 6.72. The molecule has 0 aliphatic carbocycles. The minimum atomic E-state index is -4.68. The summed E-state index contributed by atoms with van der Waals surface area (Å²) in [6.45, 7) is 3.11. The molecular weight excluding hydrogens is 700 g/mol. The number of aromatic nitrogens is 1. The Labute approximate surface area is 290 Å². The molecule has 0 saturated carbocycles. The van der Waals surface area contributed by atoms with Gasteiger partial charge in [0.15, 0.2) is 18.1 Å². The summed E-state index contributed by atoms with van der Waals surface area (Å²) in [5.74, 6) is -3.75. The van der Waals surface area contributed by atoms with Gasteiger partial charge in [0.2, 0.25) is 11.8 Å². The fourth-order valence-corrected chi connectivity index (χ4v) is 8.38. The van der Waals surface area contributed by atoms with E-state index < -0.39 is 64.8 Å². The third-order valence-electron chi connectivity index (χ3n) is 7.95. The van der Waals surface area contributed by atoms with E-state index in [0.29, 0.717) is 15.5 Å². The fourth-order valence-electron chi connectivity index (χ4n) is 5.87. The summed E-state index contributed by atoms with van der Waals surface area (Å²) in [7, 11) is 0. The smallest absolute Gasteiger partial charge is 0.418 e. The summed E-state index contributed by atoms with van der Waals surface area (Å²) in [5, 5.41) is 1.80. The van der Waals surface area contributed by atoms with Crippen molar-refractivity contribution in [2.75, 3.05) is 30.0 Å². The van der Waals surface area contributed by atoms with Crippen molar-refractivity contribution < 1.29 is 46.6 Å². The molecule has 260 valence electrons. The SMILES string of the molecule is CCOC(=O)c1ccc(N2C(=O)C3Sc4[nH]c(=O)sc4C(c4ccc(OCC(=O)Nc5ccccc5C(F)(F)F)c(OCC)c4)C3C2=O)cc1. The first-order valence-corrected chi connectivity index (χ1v) is 17.0. The highest BCUT2D eigenvalue weighted by atomic mass is 32.2. The Balaban J connectivity index is 1.28. The van der Waals surface area contributed by atoms with Crippen LogP contribution in [-0.2, 0) is 25.3 Å². The number of carbonyl (C=O) groups excluding carboxylic acids is 4. The average molecular weight is 728 g/mol. The topological polar surface area (TPSA) is 144 Å². The van der Waals surface area contributed by atoms with Crippen molar-refractivity contribution in [2.24, 2.45) is 5.92 Å². The zero-order valence-electron chi connectivity index (χ0n) is 26.4. The molecule has 2 N–H and O–H groups in total. The van der Waals surface area contributed by atoms with Gasteiger partial charge in [0.05, 0.1) is 46.7 Å². The number of anilines is 2. The summed E-state index contributed by atoms with van der Waals surface area (Å²) in [4.78, 5) is 69.2. The number of para-hydroxylation sites is 1. The van der Waals surface area contributed by atoms with E-state index in [2.05, 4.69) is 10.3 Å². The number of benzene rings is 3. The maximum absolute atomic E-state index is 14.1. The van der Waals surface area contributed by atoms with Crippen LogP contribution in [0.15, 0.2) is 76.6 Å². The van der Waals surface area contributed by atoms with E-state index in [1.807, 2.05) is 0 Å². The molecule has 2 aliphatic heterocycles. The first-order chi connectivity index (χ1) is 23.9. The number of nitrogens with one attached hydrogen (secondary N) is 2. The maximum atomic E-state index is 14.1. The van der Waals surface area contributed by atoms with Crippen molar-refractivity contribution in [1.82, 2.24) is 4.98 Å². The van der Waals surface area contributed by atoms with E-state index in [1.54, 1.807) is 26.0 Å². The molecule has 50 heavy (non-hydrogen) atoms. The van der Waals surface area contributed by atoms with Crippen LogP contribution in [0.25, 0.3) is 0 Å². The van der Waals surface area contributed by atoms with Crippen LogP contribution in [0.4, 0.5) is 24.5 Å². The monoisotopic (exact) mass is 727 g/mol. The van der Waals surface area contributed by atoms with Crippen molar-refractivity contribution >= 4 is 58.2 Å². The lowest BCUT2D eigenvalue weighted by atomic mass is 9.83. The lowest BCUT2D eigenvalue weighted by Crippen LogP contribution is -2.32. The van der Waals surface area contributed by atoms with Crippen molar-refractivity contribution in [3.8, 4) is 11.5 Å². The highest BCUT2D eigenvalue weighted by Crippen LogP contribution is 2.54. The molecule has 16 heteroatoms. The number of halogens is 3. The van der Waals surface area contributed by atoms with Crippen LogP contribution in [0.5, 0.6) is 11.5 Å². The van der Waals surface area contributed by atoms with Crippen molar-refractivity contribution in [3.63, 3.8) is 0 Å². The number of thioether (sulfide) groups is 1. The zero-order valence-corrected chi connectivity index (χ0v) is 28.0. The first kappa shape index (κ1) is 34.8. The van der Waals surface area contributed by atoms with Gasteiger partial charge in [0, 0.05) is 10.8 Å². The Kier molecular flexibility index (Phi) is 9.75. The van der Waals surface area contributed by atoms with Gasteiger partial charge in [-0.3, -0.25) is 19.2 Å². The van der Waals surface area contributed by atoms with E-state index in [0.717, 1.165) is 40.1 Å². The minimum Gasteiger partial charge on any atom is -0.490 e. The quantitative estimate of drug-likeness (QED) is 0.152. The first-order valence-electron chi connectivity index (χ1n) is 15.3. The molecule has 11 nitrogen and oxygen atoms in total. The molecule has 6 rings (SSSR count). The minimum absolute atomic E-state index is 0.108. The summed E-state index contributed by atoms with van der Waals surface area (Å²) in [5.41, 5.74) is -0.367. The van der Waals surface area contributed by atoms with E-state index in [1.165, 1.54) is 42.5 Å². The number of carbonyl (C=O) groups is 4. The number of thiazole rings is 1. The van der Waals surface area contributed by atoms with Crippen LogP contribution >= 0.6 is 23.1 Å². The second kappa shape index (κ2) is 14.0. The number of alkyl halides is 3. The molecule has 0 bridgehead atoms. The van der Waals surface area contributed by atoms with Crippen molar-refractivity contribution in [3.05, 3.63) is 98.0 Å². The number of rotatable bonds is 10. The van der Waals surface area contributed by atoms with Crippen LogP contribution in [-0.4, -0.2) is 53.7 Å². The van der Waals surface area contributed by atoms with E-state index >= 15 is 0 Å². The Morgan fingerprint density at radius 3 is 2.36 bits per heavy atom. The summed E-state index contributed by atoms with van der Waals surface area (Å²) in [6.07, 6.45) is -4.68. The van der Waals surface area contributed by atoms with Gasteiger partial charge >= 0.3 is 17.0 Å². The van der Waals surface area contributed by atoms with Gasteiger partial charge < -0.3 is 24.5 Å². The van der Waals surface area contributed by atoms with E-state index in [-0.39, 0.29) is 40.8 Å². The van der Waals surface area contributed by atoms with E-state index in [4.69, 9.17) is 14.2 Å². The third-order valence-corrected chi connectivity index (χ3v) is 10.4. The van der Waals surface area contributed by atoms with Crippen LogP contribution in [0.1, 0.15) is 46.1 Å². The average Bonchev–Trinajstić information content (AvgIpc) is 3.57. The number of imide groups is 1. The van der Waals surface area contributed by atoms with Gasteiger partial charge in [-0.25, -0.2) is 9.69 Å². The number of amides is 3. The van der Waals surface area contributed by atoms with Gasteiger partial charge in [-0.05, 0) is 67.9 Å². The molecule has 0 radical (unpaired) electrons. The van der Waals surface area contributed by atoms with Crippen molar-refractivity contribution in [1.29, 1.82) is 0 Å². The number of hydrogen-bond donors (Lipinski definition) is 2. The van der Waals surface area contributed by atoms with Gasteiger partial charge in [0.25, 0.3) is 5.91 Å². The van der Waals surface area contributed by atoms with Crippen LogP contribution in [0.2, 0.25) is 0 Å². The molecule has 1 saturated heterocycles. The predicted octanol–water partition coefficient (Wildman–Crippen LogP) is 5.84. The van der Waals surface area contributed by atoms with Gasteiger partial charge in [-0.1, -0.05) is 41.3 Å². The van der Waals surface area contributed by atoms with Gasteiger partial charge in [-0.15, -0.1) is 0 Å².